The number of nitrogens with two attached hydrogens (primary N) is 2. The molecule has 0 unspecified atom stereocenters. The number of hydrogen-bond donors (Lipinski definition) is 2. The SMILES string of the molecule is C#Cc1ccc(N(C)C(=O)N(C)c2ccc(N)c(N)c2)cc1. The molecular weight excluding hydrogens is 276 g/mol. The van der Waals surface area contributed by atoms with Crippen molar-refractivity contribution in [1.82, 2.24) is 0 Å². The highest BCUT2D eigenvalue weighted by molar-refractivity contribution is 6.03. The number of anilines is 4. The van der Waals surface area contributed by atoms with Gasteiger partial charge in [0.1, 0.15) is 0 Å². The first-order valence-corrected chi connectivity index (χ1v) is 6.67. The Labute approximate surface area is 130 Å². The highest BCUT2D eigenvalue weighted by Gasteiger charge is 2.17. The summed E-state index contributed by atoms with van der Waals surface area (Å²) in [5, 5.41) is 0. The molecule has 0 atom stereocenters. The number of amides is 2. The largest absolute Gasteiger partial charge is 0.397 e. The van der Waals surface area contributed by atoms with E-state index in [1.165, 1.54) is 9.80 Å². The second-order valence-corrected chi connectivity index (χ2v) is 4.91. The Kier molecular flexibility index (Phi) is 4.23. The summed E-state index contributed by atoms with van der Waals surface area (Å²) < 4.78 is 0. The van der Waals surface area contributed by atoms with Crippen LogP contribution in [0.4, 0.5) is 27.5 Å². The molecule has 5 nitrogen and oxygen atoms in total. The molecule has 112 valence electrons. The van der Waals surface area contributed by atoms with Crippen LogP contribution in [0.25, 0.3) is 0 Å². The Morgan fingerprint density at radius 2 is 1.50 bits per heavy atom. The van der Waals surface area contributed by atoms with E-state index in [1.807, 2.05) is 0 Å². The normalized spacial score (nSPS) is 9.86. The van der Waals surface area contributed by atoms with E-state index in [0.29, 0.717) is 17.1 Å². The molecule has 22 heavy (non-hydrogen) atoms. The van der Waals surface area contributed by atoms with Gasteiger partial charge in [0.25, 0.3) is 0 Å². The highest BCUT2D eigenvalue weighted by Crippen LogP contribution is 2.24. The Balaban J connectivity index is 2.21. The van der Waals surface area contributed by atoms with E-state index in [2.05, 4.69) is 5.92 Å². The summed E-state index contributed by atoms with van der Waals surface area (Å²) in [5.41, 5.74) is 14.6. The summed E-state index contributed by atoms with van der Waals surface area (Å²) in [6.45, 7) is 0. The molecule has 0 aliphatic rings. The van der Waals surface area contributed by atoms with Gasteiger partial charge in [-0.1, -0.05) is 5.92 Å². The van der Waals surface area contributed by atoms with Crippen molar-refractivity contribution in [1.29, 1.82) is 0 Å². The Morgan fingerprint density at radius 3 is 2.05 bits per heavy atom. The number of nitrogen functional groups attached to an aromatic ring is 2. The number of carbonyl (C=O) groups excluding carboxylic acids is 1. The van der Waals surface area contributed by atoms with Gasteiger partial charge in [-0.05, 0) is 42.5 Å². The van der Waals surface area contributed by atoms with Crippen LogP contribution < -0.4 is 21.3 Å². The zero-order chi connectivity index (χ0) is 16.3. The monoisotopic (exact) mass is 294 g/mol. The molecule has 4 N–H and O–H groups in total. The summed E-state index contributed by atoms with van der Waals surface area (Å²) >= 11 is 0. The summed E-state index contributed by atoms with van der Waals surface area (Å²) in [7, 11) is 3.38. The van der Waals surface area contributed by atoms with Gasteiger partial charge in [-0.3, -0.25) is 9.80 Å². The zero-order valence-corrected chi connectivity index (χ0v) is 12.6. The molecule has 0 fully saturated rings. The van der Waals surface area contributed by atoms with Gasteiger partial charge in [-0.2, -0.15) is 0 Å². The summed E-state index contributed by atoms with van der Waals surface area (Å²) in [6, 6.07) is 12.1. The maximum absolute atomic E-state index is 12.5. The first kappa shape index (κ1) is 15.3. The number of nitrogens with zero attached hydrogens (tertiary/aromatic N) is 2. The van der Waals surface area contributed by atoms with Crippen LogP contribution in [0.5, 0.6) is 0 Å². The van der Waals surface area contributed by atoms with E-state index >= 15 is 0 Å². The van der Waals surface area contributed by atoms with E-state index in [-0.39, 0.29) is 6.03 Å². The minimum atomic E-state index is -0.197. The van der Waals surface area contributed by atoms with Gasteiger partial charge in [0.15, 0.2) is 0 Å². The van der Waals surface area contributed by atoms with Gasteiger partial charge in [0, 0.05) is 31.0 Å². The fraction of sp³-hybridized carbons (Fsp3) is 0.118. The second kappa shape index (κ2) is 6.10. The standard InChI is InChI=1S/C17H18N4O/c1-4-12-5-7-13(8-6-12)20(2)17(22)21(3)14-9-10-15(18)16(19)11-14/h1,5-11H,18-19H2,2-3H3. The van der Waals surface area contributed by atoms with E-state index in [1.54, 1.807) is 56.6 Å². The molecule has 0 bridgehead atoms. The molecular formula is C17H18N4O. The molecule has 2 rings (SSSR count). The Hall–Kier alpha value is -3.13. The third-order valence-corrected chi connectivity index (χ3v) is 3.45. The molecule has 0 saturated carbocycles. The van der Waals surface area contributed by atoms with E-state index in [9.17, 15) is 4.79 Å². The van der Waals surface area contributed by atoms with Crippen molar-refractivity contribution in [3.05, 3.63) is 48.0 Å². The topological polar surface area (TPSA) is 75.6 Å². The number of rotatable bonds is 2. The average molecular weight is 294 g/mol. The lowest BCUT2D eigenvalue weighted by Crippen LogP contribution is -2.38. The van der Waals surface area contributed by atoms with Gasteiger partial charge in [-0.15, -0.1) is 6.42 Å². The molecule has 0 aliphatic carbocycles. The lowest BCUT2D eigenvalue weighted by atomic mass is 10.2. The van der Waals surface area contributed by atoms with E-state index in [0.717, 1.165) is 11.3 Å². The maximum atomic E-state index is 12.5. The summed E-state index contributed by atoms with van der Waals surface area (Å²) in [4.78, 5) is 15.6. The third kappa shape index (κ3) is 2.96. The van der Waals surface area contributed by atoms with E-state index in [4.69, 9.17) is 17.9 Å². The quantitative estimate of drug-likeness (QED) is 0.660. The fourth-order valence-electron chi connectivity index (χ4n) is 2.00. The van der Waals surface area contributed by atoms with Crippen molar-refractivity contribution in [3.8, 4) is 12.3 Å². The minimum Gasteiger partial charge on any atom is -0.397 e. The number of benzene rings is 2. The van der Waals surface area contributed by atoms with Gasteiger partial charge < -0.3 is 11.5 Å². The van der Waals surface area contributed by atoms with Crippen molar-refractivity contribution in [2.24, 2.45) is 0 Å². The van der Waals surface area contributed by atoms with Gasteiger partial charge in [-0.25, -0.2) is 4.79 Å². The van der Waals surface area contributed by atoms with Crippen LogP contribution in [-0.2, 0) is 0 Å². The molecule has 0 radical (unpaired) electrons. The molecule has 0 saturated heterocycles. The molecule has 0 aromatic heterocycles. The van der Waals surface area contributed by atoms with Crippen molar-refractivity contribution >= 4 is 28.8 Å². The summed E-state index contributed by atoms with van der Waals surface area (Å²) in [5.74, 6) is 2.54. The minimum absolute atomic E-state index is 0.197. The van der Waals surface area contributed by atoms with Crippen molar-refractivity contribution in [2.75, 3.05) is 35.4 Å². The molecule has 5 heteroatoms. The number of urea groups is 1. The second-order valence-electron chi connectivity index (χ2n) is 4.91. The van der Waals surface area contributed by atoms with Crippen molar-refractivity contribution < 1.29 is 4.79 Å². The van der Waals surface area contributed by atoms with Crippen LogP contribution in [0.1, 0.15) is 5.56 Å². The number of hydrogen-bond acceptors (Lipinski definition) is 3. The first-order valence-electron chi connectivity index (χ1n) is 6.67. The average Bonchev–Trinajstić information content (AvgIpc) is 2.55. The predicted molar refractivity (Wildman–Crippen MR) is 91.8 cm³/mol. The number of terminal acetylenes is 1. The van der Waals surface area contributed by atoms with Crippen LogP contribution in [0.3, 0.4) is 0 Å². The lowest BCUT2D eigenvalue weighted by Gasteiger charge is -2.25. The van der Waals surface area contributed by atoms with Crippen LogP contribution in [0.15, 0.2) is 42.5 Å². The lowest BCUT2D eigenvalue weighted by molar-refractivity contribution is 0.253. The van der Waals surface area contributed by atoms with Crippen molar-refractivity contribution in [2.45, 2.75) is 0 Å². The van der Waals surface area contributed by atoms with Crippen LogP contribution in [-0.4, -0.2) is 20.1 Å². The molecule has 0 heterocycles. The Morgan fingerprint density at radius 1 is 0.955 bits per heavy atom. The molecule has 2 aromatic carbocycles. The Bertz CT molecular complexity index is 731. The van der Waals surface area contributed by atoms with Gasteiger partial charge in [0.05, 0.1) is 11.4 Å². The van der Waals surface area contributed by atoms with Gasteiger partial charge >= 0.3 is 6.03 Å². The first-order chi connectivity index (χ1) is 10.4. The molecule has 0 spiro atoms. The fourth-order valence-corrected chi connectivity index (χ4v) is 2.00. The molecule has 2 amide bonds. The van der Waals surface area contributed by atoms with E-state index < -0.39 is 0 Å². The van der Waals surface area contributed by atoms with Crippen molar-refractivity contribution in [3.63, 3.8) is 0 Å². The maximum Gasteiger partial charge on any atom is 0.328 e. The molecule has 0 aliphatic heterocycles. The molecule has 2 aromatic rings. The smallest absolute Gasteiger partial charge is 0.328 e. The van der Waals surface area contributed by atoms with Gasteiger partial charge in [0.2, 0.25) is 0 Å². The van der Waals surface area contributed by atoms with Crippen LogP contribution in [0.2, 0.25) is 0 Å². The zero-order valence-electron chi connectivity index (χ0n) is 12.6. The third-order valence-electron chi connectivity index (χ3n) is 3.45. The van der Waals surface area contributed by atoms with Crippen LogP contribution in [0, 0.1) is 12.3 Å². The highest BCUT2D eigenvalue weighted by atomic mass is 16.2. The summed E-state index contributed by atoms with van der Waals surface area (Å²) in [6.07, 6.45) is 5.33. The van der Waals surface area contributed by atoms with Crippen LogP contribution >= 0.6 is 0 Å². The number of carbonyl (C=O) groups is 1. The predicted octanol–water partition coefficient (Wildman–Crippen LogP) is 2.52.